The van der Waals surface area contributed by atoms with Gasteiger partial charge < -0.3 is 11.1 Å². The maximum Gasteiger partial charge on any atom is 0.230 e. The van der Waals surface area contributed by atoms with Gasteiger partial charge >= 0.3 is 0 Å². The van der Waals surface area contributed by atoms with Gasteiger partial charge in [-0.2, -0.15) is 0 Å². The summed E-state index contributed by atoms with van der Waals surface area (Å²) in [7, 11) is 0. The van der Waals surface area contributed by atoms with Crippen LogP contribution in [0.2, 0.25) is 0 Å². The third-order valence-electron chi connectivity index (χ3n) is 2.62. The number of rotatable bonds is 6. The Morgan fingerprint density at radius 2 is 2.05 bits per heavy atom. The van der Waals surface area contributed by atoms with E-state index in [-0.39, 0.29) is 24.0 Å². The first-order valence-electron chi connectivity index (χ1n) is 6.37. The number of halogens is 1. The largest absolute Gasteiger partial charge is 0.369 e. The summed E-state index contributed by atoms with van der Waals surface area (Å²) in [6, 6.07) is 7.58. The summed E-state index contributed by atoms with van der Waals surface area (Å²) in [5, 5.41) is 3.31. The molecule has 1 aromatic heterocycles. The van der Waals surface area contributed by atoms with Crippen LogP contribution in [0.3, 0.4) is 0 Å². The van der Waals surface area contributed by atoms with Crippen molar-refractivity contribution in [1.29, 1.82) is 0 Å². The molecule has 0 spiro atoms. The molecule has 0 bridgehead atoms. The van der Waals surface area contributed by atoms with Gasteiger partial charge in [-0.25, -0.2) is 4.98 Å². The van der Waals surface area contributed by atoms with Crippen LogP contribution in [0, 0.1) is 6.92 Å². The Bertz CT molecular complexity index is 686. The third-order valence-corrected chi connectivity index (χ3v) is 5.61. The van der Waals surface area contributed by atoms with Gasteiger partial charge in [0, 0.05) is 4.47 Å². The van der Waals surface area contributed by atoms with E-state index in [1.807, 2.05) is 31.2 Å². The van der Waals surface area contributed by atoms with Gasteiger partial charge in [0.25, 0.3) is 0 Å². The molecule has 0 saturated heterocycles. The molecule has 0 atom stereocenters. The summed E-state index contributed by atoms with van der Waals surface area (Å²) >= 11 is 6.04. The van der Waals surface area contributed by atoms with Crippen LogP contribution in [-0.4, -0.2) is 22.6 Å². The van der Waals surface area contributed by atoms with Crippen LogP contribution in [0.1, 0.15) is 11.3 Å². The fourth-order valence-electron chi connectivity index (χ4n) is 1.66. The summed E-state index contributed by atoms with van der Waals surface area (Å²) in [5.41, 5.74) is 6.84. The van der Waals surface area contributed by atoms with Crippen molar-refractivity contribution in [2.45, 2.75) is 17.6 Å². The normalized spacial score (nSPS) is 10.5. The average molecular weight is 400 g/mol. The van der Waals surface area contributed by atoms with E-state index in [9.17, 15) is 9.59 Å². The third kappa shape index (κ3) is 5.11. The molecule has 2 amide bonds. The quantitative estimate of drug-likeness (QED) is 0.731. The lowest BCUT2D eigenvalue weighted by Gasteiger charge is -2.02. The molecule has 1 aromatic carbocycles. The monoisotopic (exact) mass is 399 g/mol. The van der Waals surface area contributed by atoms with Crippen molar-refractivity contribution in [3.05, 3.63) is 40.0 Å². The Hall–Kier alpha value is -1.38. The minimum atomic E-state index is -0.376. The summed E-state index contributed by atoms with van der Waals surface area (Å²) < 4.78 is 1.86. The van der Waals surface area contributed by atoms with Crippen LogP contribution in [-0.2, 0) is 16.0 Å². The highest BCUT2D eigenvalue weighted by atomic mass is 79.9. The molecule has 0 aliphatic heterocycles. The Balaban J connectivity index is 1.95. The van der Waals surface area contributed by atoms with Crippen LogP contribution in [0.25, 0.3) is 0 Å². The van der Waals surface area contributed by atoms with Crippen molar-refractivity contribution in [2.75, 3.05) is 11.1 Å². The highest BCUT2D eigenvalue weighted by Gasteiger charge is 2.12. The Kier molecular flexibility index (Phi) is 5.98. The van der Waals surface area contributed by atoms with Gasteiger partial charge in [-0.3, -0.25) is 9.59 Å². The van der Waals surface area contributed by atoms with Gasteiger partial charge in [-0.1, -0.05) is 39.4 Å². The van der Waals surface area contributed by atoms with Gasteiger partial charge in [-0.15, -0.1) is 11.8 Å². The van der Waals surface area contributed by atoms with Crippen molar-refractivity contribution in [1.82, 2.24) is 4.98 Å². The maximum absolute atomic E-state index is 12.0. The zero-order chi connectivity index (χ0) is 16.1. The predicted octanol–water partition coefficient (Wildman–Crippen LogP) is 2.97. The molecule has 8 heteroatoms. The number of hydrogen-bond acceptors (Lipinski definition) is 5. The second-order valence-corrected chi connectivity index (χ2v) is 7.66. The topological polar surface area (TPSA) is 85.1 Å². The van der Waals surface area contributed by atoms with Gasteiger partial charge in [0.05, 0.1) is 22.1 Å². The number of hydrogen-bond donors (Lipinski definition) is 2. The molecular formula is C14H14BrN3O2S2. The molecule has 0 fully saturated rings. The molecule has 5 nitrogen and oxygen atoms in total. The zero-order valence-corrected chi connectivity index (χ0v) is 15.0. The van der Waals surface area contributed by atoms with E-state index in [0.29, 0.717) is 5.13 Å². The van der Waals surface area contributed by atoms with Crippen molar-refractivity contribution in [3.8, 4) is 0 Å². The number of anilines is 1. The smallest absolute Gasteiger partial charge is 0.230 e. The van der Waals surface area contributed by atoms with E-state index in [0.717, 1.165) is 19.9 Å². The number of primary amides is 1. The second-order valence-electron chi connectivity index (χ2n) is 4.50. The molecular weight excluding hydrogens is 386 g/mol. The van der Waals surface area contributed by atoms with E-state index in [1.54, 1.807) is 0 Å². The first-order chi connectivity index (χ1) is 10.4. The van der Waals surface area contributed by atoms with E-state index in [1.165, 1.54) is 23.1 Å². The fraction of sp³-hybridized carbons (Fsp3) is 0.214. The molecule has 0 unspecified atom stereocenters. The van der Waals surface area contributed by atoms with Crippen molar-refractivity contribution < 1.29 is 9.59 Å². The van der Waals surface area contributed by atoms with E-state index >= 15 is 0 Å². The van der Waals surface area contributed by atoms with E-state index < -0.39 is 0 Å². The number of thioether (sulfide) groups is 1. The van der Waals surface area contributed by atoms with Gasteiger partial charge in [0.15, 0.2) is 5.13 Å². The zero-order valence-electron chi connectivity index (χ0n) is 11.8. The molecule has 1 heterocycles. The standard InChI is InChI=1S/C14H14BrN3O2S2/c1-8-13(21-7-11(16)19)22-14(17-8)18-12(20)6-9-2-4-10(15)5-3-9/h2-5H,6-7H2,1H3,(H2,16,19)(H,17,18,20). The van der Waals surface area contributed by atoms with E-state index in [2.05, 4.69) is 26.2 Å². The van der Waals surface area contributed by atoms with Crippen molar-refractivity contribution in [3.63, 3.8) is 0 Å². The summed E-state index contributed by atoms with van der Waals surface area (Å²) in [6.45, 7) is 1.84. The molecule has 0 aliphatic rings. The summed E-state index contributed by atoms with van der Waals surface area (Å²) in [5.74, 6) is -0.295. The molecule has 116 valence electrons. The van der Waals surface area contributed by atoms with Gasteiger partial charge in [-0.05, 0) is 24.6 Å². The molecule has 0 radical (unpaired) electrons. The SMILES string of the molecule is Cc1nc(NC(=O)Cc2ccc(Br)cc2)sc1SCC(N)=O. The lowest BCUT2D eigenvalue weighted by molar-refractivity contribution is -0.116. The first-order valence-corrected chi connectivity index (χ1v) is 8.96. The van der Waals surface area contributed by atoms with Crippen LogP contribution >= 0.6 is 39.0 Å². The van der Waals surface area contributed by atoms with Crippen LogP contribution < -0.4 is 11.1 Å². The Morgan fingerprint density at radius 1 is 1.36 bits per heavy atom. The molecule has 22 heavy (non-hydrogen) atoms. The summed E-state index contributed by atoms with van der Waals surface area (Å²) in [6.07, 6.45) is 0.287. The minimum Gasteiger partial charge on any atom is -0.369 e. The van der Waals surface area contributed by atoms with Gasteiger partial charge in [0.2, 0.25) is 11.8 Å². The Morgan fingerprint density at radius 3 is 2.68 bits per heavy atom. The highest BCUT2D eigenvalue weighted by molar-refractivity contribution is 9.10. The molecule has 2 aromatic rings. The number of carbonyl (C=O) groups is 2. The highest BCUT2D eigenvalue weighted by Crippen LogP contribution is 2.31. The van der Waals surface area contributed by atoms with Gasteiger partial charge in [0.1, 0.15) is 0 Å². The number of nitrogens with zero attached hydrogens (tertiary/aromatic N) is 1. The number of benzene rings is 1. The average Bonchev–Trinajstić information content (AvgIpc) is 2.79. The molecule has 0 aliphatic carbocycles. The molecule has 3 N–H and O–H groups in total. The van der Waals surface area contributed by atoms with Crippen LogP contribution in [0.15, 0.2) is 32.9 Å². The number of aromatic nitrogens is 1. The Labute approximate surface area is 144 Å². The lowest BCUT2D eigenvalue weighted by Crippen LogP contribution is -2.14. The predicted molar refractivity (Wildman–Crippen MR) is 93.2 cm³/mol. The van der Waals surface area contributed by atoms with Crippen molar-refractivity contribution >= 4 is 56.0 Å². The first kappa shape index (κ1) is 17.0. The number of carbonyl (C=O) groups excluding carboxylic acids is 2. The van der Waals surface area contributed by atoms with Crippen LogP contribution in [0.5, 0.6) is 0 Å². The van der Waals surface area contributed by atoms with Crippen molar-refractivity contribution in [2.24, 2.45) is 5.73 Å². The lowest BCUT2D eigenvalue weighted by atomic mass is 10.1. The van der Waals surface area contributed by atoms with Crippen LogP contribution in [0.4, 0.5) is 5.13 Å². The molecule has 2 rings (SSSR count). The number of nitrogens with two attached hydrogens (primary N) is 1. The number of thiazole rings is 1. The molecule has 0 saturated carbocycles. The number of amides is 2. The fourth-order valence-corrected chi connectivity index (χ4v) is 3.82. The summed E-state index contributed by atoms with van der Waals surface area (Å²) in [4.78, 5) is 27.1. The number of nitrogens with one attached hydrogen (secondary N) is 1. The maximum atomic E-state index is 12.0. The second kappa shape index (κ2) is 7.75. The minimum absolute atomic E-state index is 0.123. The van der Waals surface area contributed by atoms with E-state index in [4.69, 9.17) is 5.73 Å². The number of aryl methyl sites for hydroxylation is 1.